The molecule has 2 aromatic carbocycles. The molecule has 0 spiro atoms. The van der Waals surface area contributed by atoms with Crippen LogP contribution in [-0.4, -0.2) is 24.7 Å². The van der Waals surface area contributed by atoms with Crippen molar-refractivity contribution in [3.8, 4) is 0 Å². The summed E-state index contributed by atoms with van der Waals surface area (Å²) >= 11 is 1.60. The highest BCUT2D eigenvalue weighted by atomic mass is 32.2. The summed E-state index contributed by atoms with van der Waals surface area (Å²) < 4.78 is 0. The highest BCUT2D eigenvalue weighted by Crippen LogP contribution is 2.29. The lowest BCUT2D eigenvalue weighted by Crippen LogP contribution is -2.21. The first kappa shape index (κ1) is 16.9. The Morgan fingerprint density at radius 2 is 1.88 bits per heavy atom. The molecule has 1 fully saturated rings. The summed E-state index contributed by atoms with van der Waals surface area (Å²) in [6.07, 6.45) is 2.45. The van der Waals surface area contributed by atoms with Crippen molar-refractivity contribution in [2.75, 3.05) is 29.1 Å². The van der Waals surface area contributed by atoms with Crippen molar-refractivity contribution < 1.29 is 4.79 Å². The number of carbonyl (C=O) groups is 1. The number of para-hydroxylation sites is 2. The summed E-state index contributed by atoms with van der Waals surface area (Å²) in [6, 6.07) is 14.4. The van der Waals surface area contributed by atoms with E-state index in [4.69, 9.17) is 0 Å². The number of amides is 1. The highest BCUT2D eigenvalue weighted by Gasteiger charge is 2.16. The molecule has 0 bridgehead atoms. The van der Waals surface area contributed by atoms with Gasteiger partial charge in [-0.05, 0) is 50.5 Å². The molecule has 0 atom stereocenters. The SMILES string of the molecule is Cc1ccc(SCC(=O)Nc2ccccc2N2CCCC2)c(C)c1. The van der Waals surface area contributed by atoms with E-state index in [1.165, 1.54) is 28.9 Å². The minimum atomic E-state index is 0.0478. The molecule has 3 rings (SSSR count). The van der Waals surface area contributed by atoms with E-state index >= 15 is 0 Å². The van der Waals surface area contributed by atoms with E-state index < -0.39 is 0 Å². The highest BCUT2D eigenvalue weighted by molar-refractivity contribution is 8.00. The van der Waals surface area contributed by atoms with Gasteiger partial charge in [0.05, 0.1) is 17.1 Å². The molecule has 0 unspecified atom stereocenters. The third-order valence-electron chi connectivity index (χ3n) is 4.31. The number of aryl methyl sites for hydroxylation is 2. The second-order valence-corrected chi connectivity index (χ2v) is 7.33. The number of hydrogen-bond donors (Lipinski definition) is 1. The third kappa shape index (κ3) is 4.12. The van der Waals surface area contributed by atoms with Crippen LogP contribution in [0.2, 0.25) is 0 Å². The van der Waals surface area contributed by atoms with Gasteiger partial charge in [-0.15, -0.1) is 11.8 Å². The number of nitrogens with zero attached hydrogens (tertiary/aromatic N) is 1. The van der Waals surface area contributed by atoms with Crippen molar-refractivity contribution in [1.82, 2.24) is 0 Å². The molecule has 2 aromatic rings. The second kappa shape index (κ2) is 7.75. The Morgan fingerprint density at radius 1 is 1.12 bits per heavy atom. The van der Waals surface area contributed by atoms with Crippen LogP contribution in [0.5, 0.6) is 0 Å². The van der Waals surface area contributed by atoms with Crippen molar-refractivity contribution in [2.24, 2.45) is 0 Å². The van der Waals surface area contributed by atoms with Crippen LogP contribution in [0.4, 0.5) is 11.4 Å². The number of nitrogens with one attached hydrogen (secondary N) is 1. The normalized spacial score (nSPS) is 14.0. The zero-order valence-electron chi connectivity index (χ0n) is 14.3. The molecule has 0 aromatic heterocycles. The van der Waals surface area contributed by atoms with Crippen LogP contribution in [0.15, 0.2) is 47.4 Å². The first-order valence-electron chi connectivity index (χ1n) is 8.47. The van der Waals surface area contributed by atoms with Gasteiger partial charge in [0.2, 0.25) is 5.91 Å². The molecule has 1 aliphatic heterocycles. The Hall–Kier alpha value is -1.94. The fourth-order valence-corrected chi connectivity index (χ4v) is 3.91. The average molecular weight is 340 g/mol. The molecule has 0 radical (unpaired) electrons. The lowest BCUT2D eigenvalue weighted by molar-refractivity contribution is -0.113. The summed E-state index contributed by atoms with van der Waals surface area (Å²) in [4.78, 5) is 15.9. The van der Waals surface area contributed by atoms with Crippen LogP contribution < -0.4 is 10.2 Å². The molecule has 1 N–H and O–H groups in total. The van der Waals surface area contributed by atoms with Crippen molar-refractivity contribution in [2.45, 2.75) is 31.6 Å². The zero-order chi connectivity index (χ0) is 16.9. The Morgan fingerprint density at radius 3 is 2.62 bits per heavy atom. The van der Waals surface area contributed by atoms with Crippen molar-refractivity contribution in [3.63, 3.8) is 0 Å². The van der Waals surface area contributed by atoms with Crippen LogP contribution in [0.25, 0.3) is 0 Å². The summed E-state index contributed by atoms with van der Waals surface area (Å²) in [5.74, 6) is 0.477. The third-order valence-corrected chi connectivity index (χ3v) is 5.49. The Bertz CT molecular complexity index is 723. The molecule has 4 heteroatoms. The van der Waals surface area contributed by atoms with Gasteiger partial charge < -0.3 is 10.2 Å². The number of hydrogen-bond acceptors (Lipinski definition) is 3. The number of anilines is 2. The maximum absolute atomic E-state index is 12.4. The van der Waals surface area contributed by atoms with Gasteiger partial charge in [0.1, 0.15) is 0 Å². The quantitative estimate of drug-likeness (QED) is 0.805. The average Bonchev–Trinajstić information content (AvgIpc) is 3.09. The maximum Gasteiger partial charge on any atom is 0.234 e. The van der Waals surface area contributed by atoms with Crippen LogP contribution in [0, 0.1) is 13.8 Å². The van der Waals surface area contributed by atoms with Crippen molar-refractivity contribution >= 4 is 29.0 Å². The summed E-state index contributed by atoms with van der Waals surface area (Å²) in [7, 11) is 0. The largest absolute Gasteiger partial charge is 0.370 e. The number of carbonyl (C=O) groups excluding carboxylic acids is 1. The molecular weight excluding hydrogens is 316 g/mol. The van der Waals surface area contributed by atoms with Gasteiger partial charge in [-0.25, -0.2) is 0 Å². The number of benzene rings is 2. The van der Waals surface area contributed by atoms with Gasteiger partial charge in [-0.3, -0.25) is 4.79 Å². The smallest absolute Gasteiger partial charge is 0.234 e. The van der Waals surface area contributed by atoms with Crippen molar-refractivity contribution in [1.29, 1.82) is 0 Å². The van der Waals surface area contributed by atoms with E-state index in [-0.39, 0.29) is 5.91 Å². The Kier molecular flexibility index (Phi) is 5.46. The standard InChI is InChI=1S/C20H24N2OS/c1-15-9-10-19(16(2)13-15)24-14-20(23)21-17-7-3-4-8-18(17)22-11-5-6-12-22/h3-4,7-10,13H,5-6,11-12,14H2,1-2H3,(H,21,23). The van der Waals surface area contributed by atoms with Crippen molar-refractivity contribution in [3.05, 3.63) is 53.6 Å². The maximum atomic E-state index is 12.4. The topological polar surface area (TPSA) is 32.3 Å². The zero-order valence-corrected chi connectivity index (χ0v) is 15.2. The van der Waals surface area contributed by atoms with E-state index in [1.54, 1.807) is 11.8 Å². The monoisotopic (exact) mass is 340 g/mol. The molecule has 1 aliphatic rings. The molecule has 126 valence electrons. The van der Waals surface area contributed by atoms with Gasteiger partial charge in [0, 0.05) is 18.0 Å². The van der Waals surface area contributed by atoms with Crippen LogP contribution >= 0.6 is 11.8 Å². The molecule has 3 nitrogen and oxygen atoms in total. The van der Waals surface area contributed by atoms with Gasteiger partial charge in [0.25, 0.3) is 0 Å². The molecule has 24 heavy (non-hydrogen) atoms. The van der Waals surface area contributed by atoms with Gasteiger partial charge in [0.15, 0.2) is 0 Å². The lowest BCUT2D eigenvalue weighted by atomic mass is 10.2. The van der Waals surface area contributed by atoms with E-state index in [0.29, 0.717) is 5.75 Å². The molecule has 1 heterocycles. The first-order chi connectivity index (χ1) is 11.6. The second-order valence-electron chi connectivity index (χ2n) is 6.32. The molecule has 1 saturated heterocycles. The van der Waals surface area contributed by atoms with Gasteiger partial charge >= 0.3 is 0 Å². The fourth-order valence-electron chi connectivity index (χ4n) is 3.10. The van der Waals surface area contributed by atoms with Gasteiger partial charge in [-0.1, -0.05) is 29.8 Å². The number of rotatable bonds is 5. The Balaban J connectivity index is 1.63. The number of thioether (sulfide) groups is 1. The summed E-state index contributed by atoms with van der Waals surface area (Å²) in [5, 5.41) is 3.09. The van der Waals surface area contributed by atoms with Crippen LogP contribution in [0.3, 0.4) is 0 Å². The Labute approximate surface area is 148 Å². The molecular formula is C20H24N2OS. The summed E-state index contributed by atoms with van der Waals surface area (Å²) in [6.45, 7) is 6.33. The predicted molar refractivity (Wildman–Crippen MR) is 103 cm³/mol. The minimum absolute atomic E-state index is 0.0478. The van der Waals surface area contributed by atoms with Crippen LogP contribution in [0.1, 0.15) is 24.0 Å². The predicted octanol–water partition coefficient (Wildman–Crippen LogP) is 4.63. The van der Waals surface area contributed by atoms with E-state index in [9.17, 15) is 4.79 Å². The minimum Gasteiger partial charge on any atom is -0.370 e. The van der Waals surface area contributed by atoms with E-state index in [1.807, 2.05) is 18.2 Å². The van der Waals surface area contributed by atoms with E-state index in [0.717, 1.165) is 24.5 Å². The molecule has 0 saturated carbocycles. The van der Waals surface area contributed by atoms with E-state index in [2.05, 4.69) is 48.3 Å². The fraction of sp³-hybridized carbons (Fsp3) is 0.350. The molecule has 1 amide bonds. The lowest BCUT2D eigenvalue weighted by Gasteiger charge is -2.21. The van der Waals surface area contributed by atoms with Gasteiger partial charge in [-0.2, -0.15) is 0 Å². The van der Waals surface area contributed by atoms with Crippen LogP contribution in [-0.2, 0) is 4.79 Å². The summed E-state index contributed by atoms with van der Waals surface area (Å²) in [5.41, 5.74) is 4.54. The molecule has 0 aliphatic carbocycles. The first-order valence-corrected chi connectivity index (χ1v) is 9.46.